The minimum absolute atomic E-state index is 0.0489. The molecule has 1 saturated heterocycles. The molecule has 2 rings (SSSR count). The number of benzene rings is 1. The first-order valence-corrected chi connectivity index (χ1v) is 7.69. The van der Waals surface area contributed by atoms with Gasteiger partial charge in [0.05, 0.1) is 19.6 Å². The first-order valence-electron chi connectivity index (χ1n) is 7.69. The quantitative estimate of drug-likeness (QED) is 0.837. The van der Waals surface area contributed by atoms with Crippen LogP contribution in [0.2, 0.25) is 0 Å². The molecule has 0 bridgehead atoms. The Balaban J connectivity index is 1.92. The predicted octanol–water partition coefficient (Wildman–Crippen LogP) is 1.21. The molecule has 1 aliphatic heterocycles. The fourth-order valence-electron chi connectivity index (χ4n) is 2.66. The van der Waals surface area contributed by atoms with Crippen LogP contribution < -0.4 is 4.74 Å². The van der Waals surface area contributed by atoms with Gasteiger partial charge in [-0.2, -0.15) is 5.26 Å². The number of hydrogen-bond acceptors (Lipinski definition) is 4. The molecule has 0 aliphatic carbocycles. The number of carbonyl (C=O) groups excluding carboxylic acids is 2. The van der Waals surface area contributed by atoms with Gasteiger partial charge in [0.25, 0.3) is 0 Å². The number of nitrogens with zero attached hydrogens (tertiary/aromatic N) is 3. The highest BCUT2D eigenvalue weighted by atomic mass is 16.5. The van der Waals surface area contributed by atoms with Crippen molar-refractivity contribution in [1.29, 1.82) is 5.26 Å². The maximum atomic E-state index is 12.5. The van der Waals surface area contributed by atoms with E-state index in [1.165, 1.54) is 0 Å². The molecule has 23 heavy (non-hydrogen) atoms. The molecule has 0 spiro atoms. The number of methoxy groups -OCH3 is 1. The lowest BCUT2D eigenvalue weighted by molar-refractivity contribution is -0.132. The molecular formula is C17H21N3O3. The van der Waals surface area contributed by atoms with Crippen LogP contribution in [-0.2, 0) is 16.0 Å². The topological polar surface area (TPSA) is 73.6 Å². The van der Waals surface area contributed by atoms with Crippen molar-refractivity contribution in [3.8, 4) is 11.8 Å². The molecular weight excluding hydrogens is 294 g/mol. The zero-order chi connectivity index (χ0) is 16.7. The molecule has 6 nitrogen and oxygen atoms in total. The summed E-state index contributed by atoms with van der Waals surface area (Å²) in [6, 6.07) is 9.36. The molecule has 1 aromatic carbocycles. The monoisotopic (exact) mass is 315 g/mol. The normalized spacial score (nSPS) is 14.8. The maximum absolute atomic E-state index is 12.5. The number of hydrogen-bond donors (Lipinski definition) is 0. The van der Waals surface area contributed by atoms with E-state index in [1.54, 1.807) is 16.9 Å². The van der Waals surface area contributed by atoms with Gasteiger partial charge in [-0.05, 0) is 24.1 Å². The van der Waals surface area contributed by atoms with Crippen LogP contribution in [0.25, 0.3) is 0 Å². The second-order valence-electron chi connectivity index (χ2n) is 5.48. The fourth-order valence-corrected chi connectivity index (χ4v) is 2.66. The molecule has 1 aliphatic rings. The molecule has 122 valence electrons. The standard InChI is InChI=1S/C17H21N3O3/c1-23-15-5-2-4-14(12-15)13-17(22)20-9-3-8-19(10-11-20)16(21)6-7-18/h2,4-5,12H,3,6,8-11,13H2,1H3. The van der Waals surface area contributed by atoms with Gasteiger partial charge in [-0.25, -0.2) is 0 Å². The molecule has 0 saturated carbocycles. The maximum Gasteiger partial charge on any atom is 0.236 e. The van der Waals surface area contributed by atoms with Gasteiger partial charge in [-0.15, -0.1) is 0 Å². The van der Waals surface area contributed by atoms with Crippen LogP contribution in [0, 0.1) is 11.3 Å². The van der Waals surface area contributed by atoms with Crippen LogP contribution in [0.3, 0.4) is 0 Å². The lowest BCUT2D eigenvalue weighted by atomic mass is 10.1. The number of carbonyl (C=O) groups is 2. The van der Waals surface area contributed by atoms with E-state index in [1.807, 2.05) is 30.3 Å². The average Bonchev–Trinajstić information content (AvgIpc) is 2.81. The van der Waals surface area contributed by atoms with E-state index in [4.69, 9.17) is 10.00 Å². The van der Waals surface area contributed by atoms with Gasteiger partial charge in [0.2, 0.25) is 11.8 Å². The summed E-state index contributed by atoms with van der Waals surface area (Å²) in [7, 11) is 1.60. The predicted molar refractivity (Wildman–Crippen MR) is 84.7 cm³/mol. The zero-order valence-corrected chi connectivity index (χ0v) is 13.3. The minimum atomic E-state index is -0.158. The van der Waals surface area contributed by atoms with Gasteiger partial charge >= 0.3 is 0 Å². The van der Waals surface area contributed by atoms with E-state index in [9.17, 15) is 9.59 Å². The Bertz CT molecular complexity index is 609. The highest BCUT2D eigenvalue weighted by molar-refractivity contribution is 5.80. The second kappa shape index (κ2) is 8.18. The van der Waals surface area contributed by atoms with Crippen LogP contribution in [0.15, 0.2) is 24.3 Å². The van der Waals surface area contributed by atoms with Crippen molar-refractivity contribution >= 4 is 11.8 Å². The molecule has 6 heteroatoms. The first-order chi connectivity index (χ1) is 11.1. The van der Waals surface area contributed by atoms with Crippen molar-refractivity contribution < 1.29 is 14.3 Å². The van der Waals surface area contributed by atoms with Gasteiger partial charge in [0.1, 0.15) is 12.2 Å². The number of amides is 2. The van der Waals surface area contributed by atoms with E-state index in [2.05, 4.69) is 0 Å². The summed E-state index contributed by atoms with van der Waals surface area (Å²) in [5.41, 5.74) is 0.913. The Morgan fingerprint density at radius 1 is 1.17 bits per heavy atom. The Morgan fingerprint density at radius 3 is 2.52 bits per heavy atom. The Labute approximate surface area is 136 Å². The van der Waals surface area contributed by atoms with Crippen molar-refractivity contribution in [2.45, 2.75) is 19.3 Å². The third-order valence-electron chi connectivity index (χ3n) is 3.92. The van der Waals surface area contributed by atoms with Crippen LogP contribution in [-0.4, -0.2) is 54.9 Å². The lowest BCUT2D eigenvalue weighted by Gasteiger charge is -2.21. The van der Waals surface area contributed by atoms with E-state index in [0.29, 0.717) is 32.6 Å². The van der Waals surface area contributed by atoms with Crippen molar-refractivity contribution in [1.82, 2.24) is 9.80 Å². The molecule has 0 atom stereocenters. The van der Waals surface area contributed by atoms with Gasteiger partial charge < -0.3 is 14.5 Å². The third kappa shape index (κ3) is 4.71. The summed E-state index contributed by atoms with van der Waals surface area (Å²) in [6.07, 6.45) is 0.960. The van der Waals surface area contributed by atoms with Gasteiger partial charge in [-0.1, -0.05) is 12.1 Å². The van der Waals surface area contributed by atoms with Crippen LogP contribution in [0.5, 0.6) is 5.75 Å². The van der Waals surface area contributed by atoms with Gasteiger partial charge in [0.15, 0.2) is 0 Å². The largest absolute Gasteiger partial charge is 0.497 e. The summed E-state index contributed by atoms with van der Waals surface area (Å²) >= 11 is 0. The number of rotatable bonds is 4. The molecule has 0 aromatic heterocycles. The molecule has 2 amide bonds. The summed E-state index contributed by atoms with van der Waals surface area (Å²) in [6.45, 7) is 2.24. The van der Waals surface area contributed by atoms with Crippen molar-refractivity contribution in [2.75, 3.05) is 33.3 Å². The highest BCUT2D eigenvalue weighted by Gasteiger charge is 2.21. The fraction of sp³-hybridized carbons (Fsp3) is 0.471. The van der Waals surface area contributed by atoms with Crippen LogP contribution in [0.4, 0.5) is 0 Å². The smallest absolute Gasteiger partial charge is 0.236 e. The first kappa shape index (κ1) is 16.8. The zero-order valence-electron chi connectivity index (χ0n) is 13.3. The Hall–Kier alpha value is -2.55. The molecule has 1 fully saturated rings. The molecule has 1 heterocycles. The summed E-state index contributed by atoms with van der Waals surface area (Å²) in [4.78, 5) is 27.7. The molecule has 0 radical (unpaired) electrons. The number of nitriles is 1. The molecule has 0 N–H and O–H groups in total. The van der Waals surface area contributed by atoms with E-state index in [-0.39, 0.29) is 18.2 Å². The molecule has 1 aromatic rings. The van der Waals surface area contributed by atoms with Crippen molar-refractivity contribution in [3.05, 3.63) is 29.8 Å². The summed E-state index contributed by atoms with van der Waals surface area (Å²) in [5.74, 6) is 0.627. The summed E-state index contributed by atoms with van der Waals surface area (Å²) in [5, 5.41) is 8.61. The Kier molecular flexibility index (Phi) is 5.98. The van der Waals surface area contributed by atoms with Crippen LogP contribution >= 0.6 is 0 Å². The SMILES string of the molecule is COc1cccc(CC(=O)N2CCCN(C(=O)CC#N)CC2)c1. The van der Waals surface area contributed by atoms with Gasteiger partial charge in [-0.3, -0.25) is 9.59 Å². The summed E-state index contributed by atoms with van der Waals surface area (Å²) < 4.78 is 5.17. The van der Waals surface area contributed by atoms with E-state index >= 15 is 0 Å². The van der Waals surface area contributed by atoms with Gasteiger partial charge in [0, 0.05) is 26.2 Å². The highest BCUT2D eigenvalue weighted by Crippen LogP contribution is 2.14. The molecule has 0 unspecified atom stereocenters. The number of ether oxygens (including phenoxy) is 1. The van der Waals surface area contributed by atoms with E-state index in [0.717, 1.165) is 17.7 Å². The second-order valence-corrected chi connectivity index (χ2v) is 5.48. The Morgan fingerprint density at radius 2 is 1.87 bits per heavy atom. The van der Waals surface area contributed by atoms with Crippen LogP contribution in [0.1, 0.15) is 18.4 Å². The minimum Gasteiger partial charge on any atom is -0.497 e. The third-order valence-corrected chi connectivity index (χ3v) is 3.92. The average molecular weight is 315 g/mol. The van der Waals surface area contributed by atoms with Crippen molar-refractivity contribution in [3.63, 3.8) is 0 Å². The van der Waals surface area contributed by atoms with Crippen molar-refractivity contribution in [2.24, 2.45) is 0 Å². The van der Waals surface area contributed by atoms with E-state index < -0.39 is 0 Å². The lowest BCUT2D eigenvalue weighted by Crippen LogP contribution is -2.37.